The van der Waals surface area contributed by atoms with Gasteiger partial charge in [-0.25, -0.2) is 0 Å². The number of nitro groups is 1. The summed E-state index contributed by atoms with van der Waals surface area (Å²) >= 11 is 0. The van der Waals surface area contributed by atoms with Crippen molar-refractivity contribution in [3.63, 3.8) is 0 Å². The Bertz CT molecular complexity index is 421. The van der Waals surface area contributed by atoms with Crippen LogP contribution in [-0.4, -0.2) is 16.1 Å². The molecule has 94 valence electrons. The second kappa shape index (κ2) is 4.84. The van der Waals surface area contributed by atoms with Gasteiger partial charge in [0.2, 0.25) is 0 Å². The van der Waals surface area contributed by atoms with Crippen LogP contribution in [-0.2, 0) is 6.42 Å². The molecule has 0 radical (unpaired) electrons. The Morgan fingerprint density at radius 2 is 2.00 bits per heavy atom. The van der Waals surface area contributed by atoms with E-state index in [4.69, 9.17) is 0 Å². The molecular formula is C13H19NO3. The van der Waals surface area contributed by atoms with Crippen molar-refractivity contribution in [3.8, 4) is 0 Å². The summed E-state index contributed by atoms with van der Waals surface area (Å²) in [6.07, 6.45) is -0.287. The molecule has 0 heterocycles. The van der Waals surface area contributed by atoms with Gasteiger partial charge in [0.25, 0.3) is 5.69 Å². The highest BCUT2D eigenvalue weighted by molar-refractivity contribution is 5.43. The van der Waals surface area contributed by atoms with E-state index >= 15 is 0 Å². The number of nitro benzene ring substituents is 1. The zero-order valence-corrected chi connectivity index (χ0v) is 10.7. The second-order valence-electron chi connectivity index (χ2n) is 5.48. The smallest absolute Gasteiger partial charge is 0.272 e. The van der Waals surface area contributed by atoms with Gasteiger partial charge in [0.1, 0.15) is 0 Å². The quantitative estimate of drug-likeness (QED) is 0.649. The maximum atomic E-state index is 10.9. The fourth-order valence-electron chi connectivity index (χ4n) is 1.57. The van der Waals surface area contributed by atoms with E-state index in [0.717, 1.165) is 5.56 Å². The minimum atomic E-state index is -0.594. The number of hydrogen-bond acceptors (Lipinski definition) is 3. The molecule has 0 amide bonds. The fraction of sp³-hybridized carbons (Fsp3) is 0.538. The molecule has 0 saturated heterocycles. The number of aliphatic hydroxyl groups excluding tert-OH is 1. The summed E-state index contributed by atoms with van der Waals surface area (Å²) in [5.74, 6) is 0. The van der Waals surface area contributed by atoms with Gasteiger partial charge < -0.3 is 5.11 Å². The average Bonchev–Trinajstić information content (AvgIpc) is 2.15. The van der Waals surface area contributed by atoms with Crippen molar-refractivity contribution in [3.05, 3.63) is 39.4 Å². The summed E-state index contributed by atoms with van der Waals surface area (Å²) in [5, 5.41) is 20.9. The highest BCUT2D eigenvalue weighted by Crippen LogP contribution is 2.27. The standard InChI is InChI=1S/C13H19NO3/c1-9-5-6-11(14(16)17)10(7-9)8-12(15)13(2,3)4/h5-7,12,15H,8H2,1-4H3. The highest BCUT2D eigenvalue weighted by atomic mass is 16.6. The monoisotopic (exact) mass is 237 g/mol. The highest BCUT2D eigenvalue weighted by Gasteiger charge is 2.25. The number of rotatable bonds is 3. The van der Waals surface area contributed by atoms with Crippen LogP contribution in [0.5, 0.6) is 0 Å². The van der Waals surface area contributed by atoms with Gasteiger partial charge in [-0.05, 0) is 18.4 Å². The van der Waals surface area contributed by atoms with E-state index in [1.165, 1.54) is 6.07 Å². The summed E-state index contributed by atoms with van der Waals surface area (Å²) in [7, 11) is 0. The van der Waals surface area contributed by atoms with Gasteiger partial charge in [-0.15, -0.1) is 0 Å². The van der Waals surface area contributed by atoms with E-state index < -0.39 is 11.0 Å². The van der Waals surface area contributed by atoms with Gasteiger partial charge in [0.05, 0.1) is 11.0 Å². The van der Waals surface area contributed by atoms with Crippen molar-refractivity contribution < 1.29 is 10.0 Å². The predicted molar refractivity (Wildman–Crippen MR) is 67.0 cm³/mol. The van der Waals surface area contributed by atoms with Crippen LogP contribution in [0.4, 0.5) is 5.69 Å². The first kappa shape index (κ1) is 13.6. The fourth-order valence-corrected chi connectivity index (χ4v) is 1.57. The van der Waals surface area contributed by atoms with Crippen LogP contribution in [0.1, 0.15) is 31.9 Å². The lowest BCUT2D eigenvalue weighted by atomic mass is 9.85. The molecule has 0 aliphatic carbocycles. The zero-order chi connectivity index (χ0) is 13.2. The van der Waals surface area contributed by atoms with Crippen molar-refractivity contribution in [1.29, 1.82) is 0 Å². The molecule has 0 saturated carbocycles. The third-order valence-corrected chi connectivity index (χ3v) is 2.84. The van der Waals surface area contributed by atoms with Gasteiger partial charge in [-0.1, -0.05) is 32.4 Å². The third kappa shape index (κ3) is 3.53. The molecule has 0 spiro atoms. The summed E-state index contributed by atoms with van der Waals surface area (Å²) in [4.78, 5) is 10.5. The molecule has 4 heteroatoms. The first-order valence-corrected chi connectivity index (χ1v) is 5.64. The Morgan fingerprint density at radius 3 is 2.47 bits per heavy atom. The van der Waals surface area contributed by atoms with Crippen molar-refractivity contribution in [2.45, 2.75) is 40.2 Å². The minimum absolute atomic E-state index is 0.0823. The largest absolute Gasteiger partial charge is 0.392 e. The second-order valence-corrected chi connectivity index (χ2v) is 5.48. The van der Waals surface area contributed by atoms with E-state index in [1.807, 2.05) is 27.7 Å². The van der Waals surface area contributed by atoms with Crippen LogP contribution in [0, 0.1) is 22.5 Å². The van der Waals surface area contributed by atoms with Crippen molar-refractivity contribution in [2.75, 3.05) is 0 Å². The lowest BCUT2D eigenvalue weighted by molar-refractivity contribution is -0.385. The Kier molecular flexibility index (Phi) is 3.88. The first-order chi connectivity index (χ1) is 7.71. The summed E-state index contributed by atoms with van der Waals surface area (Å²) in [6, 6.07) is 4.98. The lowest BCUT2D eigenvalue weighted by Gasteiger charge is -2.25. The molecule has 1 aromatic rings. The number of aliphatic hydroxyl groups is 1. The van der Waals surface area contributed by atoms with Crippen LogP contribution in [0.2, 0.25) is 0 Å². The number of aryl methyl sites for hydroxylation is 1. The van der Waals surface area contributed by atoms with E-state index in [1.54, 1.807) is 12.1 Å². The van der Waals surface area contributed by atoms with E-state index in [2.05, 4.69) is 0 Å². The van der Waals surface area contributed by atoms with Crippen LogP contribution in [0.25, 0.3) is 0 Å². The molecule has 1 N–H and O–H groups in total. The van der Waals surface area contributed by atoms with Crippen LogP contribution < -0.4 is 0 Å². The van der Waals surface area contributed by atoms with Gasteiger partial charge in [0, 0.05) is 18.1 Å². The third-order valence-electron chi connectivity index (χ3n) is 2.84. The first-order valence-electron chi connectivity index (χ1n) is 5.64. The Labute approximate surface area is 101 Å². The topological polar surface area (TPSA) is 63.4 Å². The van der Waals surface area contributed by atoms with Crippen LogP contribution in [0.3, 0.4) is 0 Å². The van der Waals surface area contributed by atoms with Crippen molar-refractivity contribution in [1.82, 2.24) is 0 Å². The normalized spacial score (nSPS) is 13.5. The molecule has 0 fully saturated rings. The van der Waals surface area contributed by atoms with E-state index in [-0.39, 0.29) is 11.1 Å². The van der Waals surface area contributed by atoms with Crippen molar-refractivity contribution >= 4 is 5.69 Å². The summed E-state index contributed by atoms with van der Waals surface area (Å²) in [5.41, 5.74) is 1.36. The molecule has 0 aliphatic heterocycles. The number of hydrogen-bond donors (Lipinski definition) is 1. The SMILES string of the molecule is Cc1ccc([N+](=O)[O-])c(CC(O)C(C)(C)C)c1. The average molecular weight is 237 g/mol. The number of nitrogens with zero attached hydrogens (tertiary/aromatic N) is 1. The van der Waals surface area contributed by atoms with Crippen LogP contribution in [0.15, 0.2) is 18.2 Å². The van der Waals surface area contributed by atoms with E-state index in [9.17, 15) is 15.2 Å². The Balaban J connectivity index is 3.04. The van der Waals surface area contributed by atoms with Gasteiger partial charge in [0.15, 0.2) is 0 Å². The van der Waals surface area contributed by atoms with Gasteiger partial charge in [-0.2, -0.15) is 0 Å². The molecular weight excluding hydrogens is 218 g/mol. The molecule has 1 unspecified atom stereocenters. The van der Waals surface area contributed by atoms with Crippen molar-refractivity contribution in [2.24, 2.45) is 5.41 Å². The van der Waals surface area contributed by atoms with Gasteiger partial charge in [-0.3, -0.25) is 10.1 Å². The molecule has 1 atom stereocenters. The zero-order valence-electron chi connectivity index (χ0n) is 10.7. The van der Waals surface area contributed by atoms with Crippen LogP contribution >= 0.6 is 0 Å². The summed E-state index contributed by atoms with van der Waals surface area (Å²) in [6.45, 7) is 7.63. The molecule has 4 nitrogen and oxygen atoms in total. The molecule has 17 heavy (non-hydrogen) atoms. The maximum absolute atomic E-state index is 10.9. The summed E-state index contributed by atoms with van der Waals surface area (Å²) < 4.78 is 0. The maximum Gasteiger partial charge on any atom is 0.272 e. The van der Waals surface area contributed by atoms with E-state index in [0.29, 0.717) is 12.0 Å². The lowest BCUT2D eigenvalue weighted by Crippen LogP contribution is -2.28. The molecule has 0 bridgehead atoms. The molecule has 1 rings (SSSR count). The number of benzene rings is 1. The Morgan fingerprint density at radius 1 is 1.41 bits per heavy atom. The minimum Gasteiger partial charge on any atom is -0.392 e. The molecule has 0 aromatic heterocycles. The van der Waals surface area contributed by atoms with Gasteiger partial charge >= 0.3 is 0 Å². The molecule has 0 aliphatic rings. The molecule has 1 aromatic carbocycles. The predicted octanol–water partition coefficient (Wildman–Crippen LogP) is 2.85. The Hall–Kier alpha value is -1.42.